The fourth-order valence-electron chi connectivity index (χ4n) is 2.99. The van der Waals surface area contributed by atoms with Crippen LogP contribution in [0.15, 0.2) is 0 Å². The summed E-state index contributed by atoms with van der Waals surface area (Å²) < 4.78 is 0. The Labute approximate surface area is 80.1 Å². The van der Waals surface area contributed by atoms with Crippen molar-refractivity contribution in [2.45, 2.75) is 25.7 Å². The molecule has 1 spiro atoms. The molecule has 0 radical (unpaired) electrons. The molecule has 0 amide bonds. The zero-order valence-corrected chi connectivity index (χ0v) is 8.61. The Kier molecular flexibility index (Phi) is 2.35. The molecule has 2 atom stereocenters. The van der Waals surface area contributed by atoms with Crippen LogP contribution in [0.5, 0.6) is 0 Å². The van der Waals surface area contributed by atoms with Gasteiger partial charge in [-0.1, -0.05) is 0 Å². The van der Waals surface area contributed by atoms with Gasteiger partial charge in [0.2, 0.25) is 0 Å². The van der Waals surface area contributed by atoms with Gasteiger partial charge >= 0.3 is 0 Å². The van der Waals surface area contributed by atoms with Crippen molar-refractivity contribution in [2.75, 3.05) is 26.0 Å². The van der Waals surface area contributed by atoms with Gasteiger partial charge in [-0.05, 0) is 50.6 Å². The van der Waals surface area contributed by atoms with Crippen LogP contribution in [0.2, 0.25) is 0 Å². The largest absolute Gasteiger partial charge is 0.306 e. The monoisotopic (exact) mass is 187 g/mol. The maximum Gasteiger partial charge on any atom is 0.0251 e. The second-order valence-electron chi connectivity index (χ2n) is 4.75. The predicted molar refractivity (Wildman–Crippen MR) is 52.6 cm³/mol. The smallest absolute Gasteiger partial charge is 0.0251 e. The van der Waals surface area contributed by atoms with Gasteiger partial charge in [-0.25, -0.2) is 0 Å². The van der Waals surface area contributed by atoms with Gasteiger partial charge in [0.05, 0.1) is 0 Å². The molecule has 1 saturated heterocycles. The number of rotatable bonds is 1. The highest BCUT2D eigenvalue weighted by Crippen LogP contribution is 2.47. The van der Waals surface area contributed by atoms with E-state index in [9.17, 15) is 0 Å². The first-order valence-electron chi connectivity index (χ1n) is 4.99. The van der Waals surface area contributed by atoms with Crippen LogP contribution in [0.4, 0.5) is 0 Å². The Balaban J connectivity index is 1.97. The molecule has 2 rings (SSSR count). The topological polar surface area (TPSA) is 3.24 Å². The molecule has 2 heteroatoms. The Morgan fingerprint density at radius 1 is 1.50 bits per heavy atom. The van der Waals surface area contributed by atoms with Crippen molar-refractivity contribution >= 4 is 11.6 Å². The summed E-state index contributed by atoms with van der Waals surface area (Å²) in [6.45, 7) is 2.62. The third-order valence-corrected chi connectivity index (χ3v) is 4.09. The van der Waals surface area contributed by atoms with E-state index in [0.29, 0.717) is 5.41 Å². The van der Waals surface area contributed by atoms with Gasteiger partial charge in [-0.3, -0.25) is 0 Å². The maximum absolute atomic E-state index is 5.89. The first-order chi connectivity index (χ1) is 5.74. The Bertz CT molecular complexity index is 171. The standard InChI is InChI=1S/C10H18ClN/c1-12-5-4-10(8-12)3-2-9(6-10)7-11/h9H,2-8H2,1H3. The first kappa shape index (κ1) is 8.83. The molecule has 2 fully saturated rings. The summed E-state index contributed by atoms with van der Waals surface area (Å²) in [5.74, 6) is 1.70. The van der Waals surface area contributed by atoms with Gasteiger partial charge in [0.1, 0.15) is 0 Å². The molecule has 1 aliphatic heterocycles. The summed E-state index contributed by atoms with van der Waals surface area (Å²) in [6, 6.07) is 0. The zero-order valence-electron chi connectivity index (χ0n) is 7.85. The number of hydrogen-bond donors (Lipinski definition) is 0. The second-order valence-corrected chi connectivity index (χ2v) is 5.06. The lowest BCUT2D eigenvalue weighted by Gasteiger charge is -2.22. The average molecular weight is 188 g/mol. The van der Waals surface area contributed by atoms with E-state index in [1.54, 1.807) is 0 Å². The van der Waals surface area contributed by atoms with Crippen LogP contribution in [0.25, 0.3) is 0 Å². The SMILES string of the molecule is CN1CCC2(CCC(CCl)C2)C1. The van der Waals surface area contributed by atoms with Crippen LogP contribution < -0.4 is 0 Å². The summed E-state index contributed by atoms with van der Waals surface area (Å²) in [7, 11) is 2.24. The quantitative estimate of drug-likeness (QED) is 0.570. The average Bonchev–Trinajstić information content (AvgIpc) is 2.61. The third kappa shape index (κ3) is 1.49. The van der Waals surface area contributed by atoms with Crippen molar-refractivity contribution < 1.29 is 0 Å². The molecule has 0 aromatic heterocycles. The fourth-order valence-corrected chi connectivity index (χ4v) is 3.25. The van der Waals surface area contributed by atoms with Gasteiger partial charge in [-0.2, -0.15) is 0 Å². The second kappa shape index (κ2) is 3.19. The Morgan fingerprint density at radius 2 is 2.33 bits per heavy atom. The highest BCUT2D eigenvalue weighted by atomic mass is 35.5. The van der Waals surface area contributed by atoms with Gasteiger partial charge in [0.15, 0.2) is 0 Å². The van der Waals surface area contributed by atoms with Crippen LogP contribution in [-0.4, -0.2) is 30.9 Å². The molecule has 0 aromatic carbocycles. The Morgan fingerprint density at radius 3 is 2.83 bits per heavy atom. The molecule has 12 heavy (non-hydrogen) atoms. The normalized spacial score (nSPS) is 43.0. The molecule has 70 valence electrons. The molecule has 2 unspecified atom stereocenters. The summed E-state index contributed by atoms with van der Waals surface area (Å²) in [5, 5.41) is 0. The van der Waals surface area contributed by atoms with E-state index in [4.69, 9.17) is 11.6 Å². The van der Waals surface area contributed by atoms with Crippen molar-refractivity contribution in [1.29, 1.82) is 0 Å². The van der Waals surface area contributed by atoms with Crippen LogP contribution >= 0.6 is 11.6 Å². The van der Waals surface area contributed by atoms with Gasteiger partial charge in [0.25, 0.3) is 0 Å². The minimum Gasteiger partial charge on any atom is -0.306 e. The Hall–Kier alpha value is 0.250. The van der Waals surface area contributed by atoms with Crippen LogP contribution in [0, 0.1) is 11.3 Å². The van der Waals surface area contributed by atoms with E-state index in [1.165, 1.54) is 38.8 Å². The van der Waals surface area contributed by atoms with Gasteiger partial charge in [-0.15, -0.1) is 11.6 Å². The lowest BCUT2D eigenvalue weighted by molar-refractivity contribution is 0.282. The van der Waals surface area contributed by atoms with Crippen LogP contribution in [-0.2, 0) is 0 Å². The molecule has 1 heterocycles. The van der Waals surface area contributed by atoms with Crippen molar-refractivity contribution in [3.8, 4) is 0 Å². The lowest BCUT2D eigenvalue weighted by Crippen LogP contribution is -2.22. The fraction of sp³-hybridized carbons (Fsp3) is 1.00. The van der Waals surface area contributed by atoms with E-state index in [2.05, 4.69) is 11.9 Å². The van der Waals surface area contributed by atoms with Crippen molar-refractivity contribution in [1.82, 2.24) is 4.90 Å². The number of nitrogens with zero attached hydrogens (tertiary/aromatic N) is 1. The molecule has 0 bridgehead atoms. The molecule has 1 nitrogen and oxygen atoms in total. The minimum absolute atomic E-state index is 0.675. The highest BCUT2D eigenvalue weighted by Gasteiger charge is 2.42. The maximum atomic E-state index is 5.89. The highest BCUT2D eigenvalue weighted by molar-refractivity contribution is 6.18. The van der Waals surface area contributed by atoms with E-state index < -0.39 is 0 Å². The lowest BCUT2D eigenvalue weighted by atomic mass is 9.85. The zero-order chi connectivity index (χ0) is 8.60. The first-order valence-corrected chi connectivity index (χ1v) is 5.52. The van der Waals surface area contributed by atoms with E-state index >= 15 is 0 Å². The summed E-state index contributed by atoms with van der Waals surface area (Å²) in [4.78, 5) is 2.47. The van der Waals surface area contributed by atoms with Gasteiger partial charge in [0, 0.05) is 12.4 Å². The van der Waals surface area contributed by atoms with E-state index in [-0.39, 0.29) is 0 Å². The molecule has 2 aliphatic rings. The minimum atomic E-state index is 0.675. The number of hydrogen-bond acceptors (Lipinski definition) is 1. The molecule has 0 aromatic rings. The third-order valence-electron chi connectivity index (χ3n) is 3.65. The molecule has 1 aliphatic carbocycles. The molecule has 1 saturated carbocycles. The number of likely N-dealkylation sites (tertiary alicyclic amines) is 1. The van der Waals surface area contributed by atoms with E-state index in [0.717, 1.165) is 11.8 Å². The van der Waals surface area contributed by atoms with Crippen LogP contribution in [0.3, 0.4) is 0 Å². The van der Waals surface area contributed by atoms with Crippen molar-refractivity contribution in [2.24, 2.45) is 11.3 Å². The molecular formula is C10H18ClN. The van der Waals surface area contributed by atoms with Crippen LogP contribution in [0.1, 0.15) is 25.7 Å². The molecular weight excluding hydrogens is 170 g/mol. The van der Waals surface area contributed by atoms with Gasteiger partial charge < -0.3 is 4.90 Å². The summed E-state index contributed by atoms with van der Waals surface area (Å²) in [5.41, 5.74) is 0.675. The summed E-state index contributed by atoms with van der Waals surface area (Å²) in [6.07, 6.45) is 5.60. The number of alkyl halides is 1. The predicted octanol–water partition coefficient (Wildman–Crippen LogP) is 2.35. The summed E-state index contributed by atoms with van der Waals surface area (Å²) >= 11 is 5.89. The van der Waals surface area contributed by atoms with Crippen molar-refractivity contribution in [3.63, 3.8) is 0 Å². The number of halogens is 1. The molecule has 0 N–H and O–H groups in total. The van der Waals surface area contributed by atoms with Crippen molar-refractivity contribution in [3.05, 3.63) is 0 Å². The van der Waals surface area contributed by atoms with E-state index in [1.807, 2.05) is 0 Å².